The number of aromatic nitrogens is 3. The van der Waals surface area contributed by atoms with Gasteiger partial charge >= 0.3 is 5.69 Å². The van der Waals surface area contributed by atoms with Crippen LogP contribution in [0.25, 0.3) is 17.1 Å². The van der Waals surface area contributed by atoms with Crippen LogP contribution in [0.5, 0.6) is 0 Å². The first-order valence-corrected chi connectivity index (χ1v) is 11.1. The molecule has 3 aromatic rings. The number of amides is 1. The van der Waals surface area contributed by atoms with Gasteiger partial charge < -0.3 is 10.4 Å². The molecule has 1 aliphatic carbocycles. The van der Waals surface area contributed by atoms with Crippen molar-refractivity contribution in [2.45, 2.75) is 33.2 Å². The molecular weight excluding hydrogens is 440 g/mol. The number of nitrogens with zero attached hydrogens (tertiary/aromatic N) is 2. The van der Waals surface area contributed by atoms with Crippen LogP contribution in [0.1, 0.15) is 37.8 Å². The number of carbonyl (C=O) groups excluding carboxylic acids is 1. The summed E-state index contributed by atoms with van der Waals surface area (Å²) in [7, 11) is 0. The van der Waals surface area contributed by atoms with E-state index in [-0.39, 0.29) is 19.1 Å². The average molecular weight is 465 g/mol. The maximum Gasteiger partial charge on any atom is 0.348 e. The van der Waals surface area contributed by atoms with Gasteiger partial charge in [0, 0.05) is 23.6 Å². The zero-order chi connectivity index (χ0) is 23.6. The molecule has 0 aliphatic heterocycles. The number of carbonyl (C=O) groups is 1. The Kier molecular flexibility index (Phi) is 6.41. The van der Waals surface area contributed by atoms with Gasteiger partial charge in [-0.05, 0) is 68.7 Å². The molecular formula is C25H25ClN4O3. The van der Waals surface area contributed by atoms with Gasteiger partial charge in [0.05, 0.1) is 22.7 Å². The molecule has 0 unspecified atom stereocenters. The third kappa shape index (κ3) is 5.36. The van der Waals surface area contributed by atoms with E-state index in [2.05, 4.69) is 27.2 Å². The van der Waals surface area contributed by atoms with E-state index in [9.17, 15) is 14.7 Å². The highest BCUT2D eigenvalue weighted by molar-refractivity contribution is 6.32. The minimum absolute atomic E-state index is 0.224. The molecule has 0 saturated heterocycles. The number of hydrogen-bond acceptors (Lipinski definition) is 4. The Bertz CT molecular complexity index is 1290. The molecule has 33 heavy (non-hydrogen) atoms. The third-order valence-electron chi connectivity index (χ3n) is 5.48. The average Bonchev–Trinajstić information content (AvgIpc) is 3.57. The fraction of sp³-hybridized carbons (Fsp3) is 0.320. The fourth-order valence-electron chi connectivity index (χ4n) is 3.07. The number of benzene rings is 2. The van der Waals surface area contributed by atoms with Crippen molar-refractivity contribution >= 4 is 17.5 Å². The quantitative estimate of drug-likeness (QED) is 0.487. The van der Waals surface area contributed by atoms with Crippen LogP contribution in [0.15, 0.2) is 47.3 Å². The van der Waals surface area contributed by atoms with Crippen molar-refractivity contribution in [1.82, 2.24) is 20.1 Å². The van der Waals surface area contributed by atoms with Crippen molar-refractivity contribution in [2.24, 2.45) is 11.3 Å². The summed E-state index contributed by atoms with van der Waals surface area (Å²) in [5, 5.41) is 16.9. The number of aromatic amines is 1. The molecule has 1 fully saturated rings. The largest absolute Gasteiger partial charge is 0.395 e. The highest BCUT2D eigenvalue weighted by Crippen LogP contribution is 2.27. The van der Waals surface area contributed by atoms with Crippen LogP contribution in [0.2, 0.25) is 5.02 Å². The van der Waals surface area contributed by atoms with Gasteiger partial charge in [-0.2, -0.15) is 4.68 Å². The van der Waals surface area contributed by atoms with E-state index in [1.165, 1.54) is 17.5 Å². The van der Waals surface area contributed by atoms with Gasteiger partial charge in [0.15, 0.2) is 5.82 Å². The van der Waals surface area contributed by atoms with E-state index in [1.54, 1.807) is 32.0 Å². The Morgan fingerprint density at radius 3 is 2.67 bits per heavy atom. The van der Waals surface area contributed by atoms with Crippen LogP contribution in [-0.4, -0.2) is 32.4 Å². The maximum atomic E-state index is 12.6. The molecule has 0 spiro atoms. The minimum atomic E-state index is -0.887. The van der Waals surface area contributed by atoms with E-state index < -0.39 is 11.1 Å². The van der Waals surface area contributed by atoms with Crippen molar-refractivity contribution in [2.75, 3.05) is 6.61 Å². The number of rotatable bonds is 6. The second kappa shape index (κ2) is 9.26. The number of aliphatic hydroxyl groups excluding tert-OH is 1. The molecule has 0 bridgehead atoms. The number of nitrogens with one attached hydrogen (secondary N) is 2. The van der Waals surface area contributed by atoms with Crippen molar-refractivity contribution in [1.29, 1.82) is 0 Å². The molecule has 1 saturated carbocycles. The topological polar surface area (TPSA) is 100 Å². The summed E-state index contributed by atoms with van der Waals surface area (Å²) >= 11 is 6.35. The van der Waals surface area contributed by atoms with Crippen LogP contribution in [0, 0.1) is 23.2 Å². The molecule has 2 aromatic carbocycles. The Morgan fingerprint density at radius 1 is 1.27 bits per heavy atom. The molecule has 170 valence electrons. The number of halogens is 1. The van der Waals surface area contributed by atoms with Gasteiger partial charge in [-0.1, -0.05) is 29.5 Å². The standard InChI is InChI=1S/C25H25ClN4O3/c1-25(2,15-31)23(32)27-14-18-9-12-20(26)21(13-18)30-24(33)28-22(29-30)19-10-7-17(8-11-19)6-5-16-3-4-16/h7-13,16,31H,3-4,14-15H2,1-2H3,(H,27,32)(H,28,29,33). The van der Waals surface area contributed by atoms with E-state index in [0.29, 0.717) is 22.5 Å². The zero-order valence-corrected chi connectivity index (χ0v) is 19.2. The predicted molar refractivity (Wildman–Crippen MR) is 127 cm³/mol. The van der Waals surface area contributed by atoms with E-state index in [0.717, 1.165) is 16.7 Å². The fourth-order valence-corrected chi connectivity index (χ4v) is 3.26. The lowest BCUT2D eigenvalue weighted by atomic mass is 9.94. The van der Waals surface area contributed by atoms with Crippen molar-refractivity contribution in [3.63, 3.8) is 0 Å². The number of hydrogen-bond donors (Lipinski definition) is 3. The summed E-state index contributed by atoms with van der Waals surface area (Å²) in [5.74, 6) is 7.07. The molecule has 0 radical (unpaired) electrons. The van der Waals surface area contributed by atoms with Crippen LogP contribution < -0.4 is 11.0 Å². The lowest BCUT2D eigenvalue weighted by molar-refractivity contribution is -0.131. The second-order valence-electron chi connectivity index (χ2n) is 8.82. The summed E-state index contributed by atoms with van der Waals surface area (Å²) < 4.78 is 1.21. The second-order valence-corrected chi connectivity index (χ2v) is 9.23. The maximum absolute atomic E-state index is 12.6. The first-order chi connectivity index (χ1) is 15.8. The summed E-state index contributed by atoms with van der Waals surface area (Å²) in [6.07, 6.45) is 2.36. The van der Waals surface area contributed by atoms with Gasteiger partial charge in [0.1, 0.15) is 0 Å². The summed E-state index contributed by atoms with van der Waals surface area (Å²) in [4.78, 5) is 27.6. The molecule has 3 N–H and O–H groups in total. The molecule has 8 heteroatoms. The molecule has 1 aliphatic rings. The predicted octanol–water partition coefficient (Wildman–Crippen LogP) is 3.28. The molecule has 0 atom stereocenters. The lowest BCUT2D eigenvalue weighted by Gasteiger charge is -2.20. The van der Waals surface area contributed by atoms with E-state index in [4.69, 9.17) is 11.6 Å². The first-order valence-electron chi connectivity index (χ1n) is 10.8. The van der Waals surface area contributed by atoms with Gasteiger partial charge in [0.2, 0.25) is 5.91 Å². The van der Waals surface area contributed by atoms with Crippen LogP contribution in [0.4, 0.5) is 0 Å². The molecule has 7 nitrogen and oxygen atoms in total. The molecule has 1 heterocycles. The van der Waals surface area contributed by atoms with Gasteiger partial charge in [-0.3, -0.25) is 9.78 Å². The summed E-state index contributed by atoms with van der Waals surface area (Å²) in [6.45, 7) is 3.28. The molecule has 4 rings (SSSR count). The Hall–Kier alpha value is -3.34. The van der Waals surface area contributed by atoms with E-state index >= 15 is 0 Å². The SMILES string of the molecule is CC(C)(CO)C(=O)NCc1ccc(Cl)c(-n2nc(-c3ccc(C#CC4CC4)cc3)[nH]c2=O)c1. The van der Waals surface area contributed by atoms with Gasteiger partial charge in [-0.15, -0.1) is 5.10 Å². The normalized spacial score (nSPS) is 13.3. The summed E-state index contributed by atoms with van der Waals surface area (Å²) in [5.41, 5.74) is 1.52. The minimum Gasteiger partial charge on any atom is -0.395 e. The summed E-state index contributed by atoms with van der Waals surface area (Å²) in [6, 6.07) is 12.7. The van der Waals surface area contributed by atoms with Crippen LogP contribution >= 0.6 is 11.6 Å². The lowest BCUT2D eigenvalue weighted by Crippen LogP contribution is -2.38. The number of H-pyrrole nitrogens is 1. The van der Waals surface area contributed by atoms with E-state index in [1.807, 2.05) is 24.3 Å². The monoisotopic (exact) mass is 464 g/mol. The molecule has 1 aromatic heterocycles. The third-order valence-corrected chi connectivity index (χ3v) is 5.80. The van der Waals surface area contributed by atoms with Crippen molar-refractivity contribution in [3.05, 3.63) is 69.1 Å². The van der Waals surface area contributed by atoms with Crippen LogP contribution in [0.3, 0.4) is 0 Å². The highest BCUT2D eigenvalue weighted by atomic mass is 35.5. The Labute approximate surface area is 196 Å². The van der Waals surface area contributed by atoms with Crippen LogP contribution in [-0.2, 0) is 11.3 Å². The van der Waals surface area contributed by atoms with Gasteiger partial charge in [-0.25, -0.2) is 4.79 Å². The Morgan fingerprint density at radius 2 is 2.00 bits per heavy atom. The zero-order valence-electron chi connectivity index (χ0n) is 18.5. The number of aliphatic hydroxyl groups is 1. The Balaban J connectivity index is 1.55. The van der Waals surface area contributed by atoms with Crippen molar-refractivity contribution in [3.8, 4) is 28.9 Å². The van der Waals surface area contributed by atoms with Crippen molar-refractivity contribution < 1.29 is 9.90 Å². The molecule has 1 amide bonds. The highest BCUT2D eigenvalue weighted by Gasteiger charge is 2.26. The van der Waals surface area contributed by atoms with Gasteiger partial charge in [0.25, 0.3) is 0 Å². The first kappa shape index (κ1) is 22.8. The smallest absolute Gasteiger partial charge is 0.348 e.